The van der Waals surface area contributed by atoms with Crippen LogP contribution in [0.15, 0.2) is 6.07 Å². The van der Waals surface area contributed by atoms with E-state index in [4.69, 9.17) is 0 Å². The Hall–Kier alpha value is -1.17. The SMILES string of the molecule is Cc1cc(C)n(CC(C)CNC(=O)NC2CCCSC2)n1. The largest absolute Gasteiger partial charge is 0.338 e. The van der Waals surface area contributed by atoms with E-state index in [9.17, 15) is 4.79 Å². The van der Waals surface area contributed by atoms with Gasteiger partial charge in [0.25, 0.3) is 0 Å². The molecule has 2 unspecified atom stereocenters. The molecule has 2 atom stereocenters. The number of hydrogen-bond acceptors (Lipinski definition) is 3. The third kappa shape index (κ3) is 5.26. The number of urea groups is 1. The molecule has 5 nitrogen and oxygen atoms in total. The summed E-state index contributed by atoms with van der Waals surface area (Å²) in [4.78, 5) is 11.9. The lowest BCUT2D eigenvalue weighted by atomic mass is 10.2. The zero-order chi connectivity index (χ0) is 15.2. The van der Waals surface area contributed by atoms with E-state index in [2.05, 4.69) is 35.6 Å². The van der Waals surface area contributed by atoms with E-state index < -0.39 is 0 Å². The lowest BCUT2D eigenvalue weighted by Gasteiger charge is -2.23. The molecular weight excluding hydrogens is 284 g/mol. The van der Waals surface area contributed by atoms with Crippen LogP contribution in [0.2, 0.25) is 0 Å². The fourth-order valence-corrected chi connectivity index (χ4v) is 3.65. The summed E-state index contributed by atoms with van der Waals surface area (Å²) in [6.07, 6.45) is 2.30. The molecule has 2 rings (SSSR count). The summed E-state index contributed by atoms with van der Waals surface area (Å²) in [6.45, 7) is 7.70. The second kappa shape index (κ2) is 7.73. The monoisotopic (exact) mass is 310 g/mol. The van der Waals surface area contributed by atoms with Crippen LogP contribution < -0.4 is 10.6 Å². The molecule has 118 valence electrons. The minimum Gasteiger partial charge on any atom is -0.338 e. The second-order valence-electron chi connectivity index (χ2n) is 5.98. The number of carbonyl (C=O) groups excluding carboxylic acids is 1. The molecule has 0 bridgehead atoms. The minimum absolute atomic E-state index is 0.0392. The zero-order valence-electron chi connectivity index (χ0n) is 13.2. The lowest BCUT2D eigenvalue weighted by molar-refractivity contribution is 0.234. The molecule has 1 aliphatic rings. The Kier molecular flexibility index (Phi) is 5.96. The van der Waals surface area contributed by atoms with Crippen molar-refractivity contribution in [2.45, 2.75) is 46.2 Å². The Morgan fingerprint density at radius 3 is 3.00 bits per heavy atom. The van der Waals surface area contributed by atoms with Crippen molar-refractivity contribution in [2.24, 2.45) is 5.92 Å². The zero-order valence-corrected chi connectivity index (χ0v) is 14.0. The first-order valence-corrected chi connectivity index (χ1v) is 8.83. The van der Waals surface area contributed by atoms with E-state index >= 15 is 0 Å². The molecule has 1 saturated heterocycles. The van der Waals surface area contributed by atoms with Crippen molar-refractivity contribution >= 4 is 17.8 Å². The van der Waals surface area contributed by atoms with Crippen LogP contribution in [-0.4, -0.2) is 39.9 Å². The van der Waals surface area contributed by atoms with Crippen molar-refractivity contribution in [3.05, 3.63) is 17.5 Å². The van der Waals surface area contributed by atoms with Crippen LogP contribution in [0.5, 0.6) is 0 Å². The fourth-order valence-electron chi connectivity index (χ4n) is 2.58. The Morgan fingerprint density at radius 1 is 1.57 bits per heavy atom. The first kappa shape index (κ1) is 16.2. The predicted molar refractivity (Wildman–Crippen MR) is 87.7 cm³/mol. The number of thioether (sulfide) groups is 1. The first-order chi connectivity index (χ1) is 10.0. The van der Waals surface area contributed by atoms with E-state index in [1.54, 1.807) is 0 Å². The topological polar surface area (TPSA) is 59.0 Å². The second-order valence-corrected chi connectivity index (χ2v) is 7.13. The standard InChI is InChI=1S/C15H26N4OS/c1-11(9-19-13(3)7-12(2)18-19)8-16-15(20)17-14-5-4-6-21-10-14/h7,11,14H,4-6,8-10H2,1-3H3,(H2,16,17,20). The van der Waals surface area contributed by atoms with Crippen LogP contribution >= 0.6 is 11.8 Å². The number of nitrogens with one attached hydrogen (secondary N) is 2. The van der Waals surface area contributed by atoms with Gasteiger partial charge in [0.15, 0.2) is 0 Å². The van der Waals surface area contributed by atoms with Gasteiger partial charge in [-0.25, -0.2) is 4.79 Å². The highest BCUT2D eigenvalue weighted by Crippen LogP contribution is 2.16. The maximum atomic E-state index is 11.9. The number of hydrogen-bond donors (Lipinski definition) is 2. The molecule has 6 heteroatoms. The molecule has 1 aromatic rings. The van der Waals surface area contributed by atoms with Gasteiger partial charge in [-0.1, -0.05) is 6.92 Å². The Bertz CT molecular complexity index is 468. The summed E-state index contributed by atoms with van der Waals surface area (Å²) in [5.74, 6) is 2.61. The molecule has 0 aromatic carbocycles. The summed E-state index contributed by atoms with van der Waals surface area (Å²) in [6, 6.07) is 2.37. The van der Waals surface area contributed by atoms with Gasteiger partial charge in [-0.15, -0.1) is 0 Å². The Morgan fingerprint density at radius 2 is 2.38 bits per heavy atom. The lowest BCUT2D eigenvalue weighted by Crippen LogP contribution is -2.45. The molecule has 1 aromatic heterocycles. The quantitative estimate of drug-likeness (QED) is 0.877. The van der Waals surface area contributed by atoms with Crippen LogP contribution in [0.25, 0.3) is 0 Å². The van der Waals surface area contributed by atoms with E-state index in [0.29, 0.717) is 18.5 Å². The molecule has 0 aliphatic carbocycles. The molecule has 21 heavy (non-hydrogen) atoms. The van der Waals surface area contributed by atoms with Crippen molar-refractivity contribution < 1.29 is 4.79 Å². The Labute approximate surface area is 131 Å². The minimum atomic E-state index is -0.0392. The van der Waals surface area contributed by atoms with Crippen molar-refractivity contribution in [1.82, 2.24) is 20.4 Å². The number of amides is 2. The average Bonchev–Trinajstić information content (AvgIpc) is 2.76. The summed E-state index contributed by atoms with van der Waals surface area (Å²) in [7, 11) is 0. The van der Waals surface area contributed by atoms with Gasteiger partial charge in [0.05, 0.1) is 5.69 Å². The molecule has 2 N–H and O–H groups in total. The number of aromatic nitrogens is 2. The summed E-state index contributed by atoms with van der Waals surface area (Å²) in [5.41, 5.74) is 2.21. The summed E-state index contributed by atoms with van der Waals surface area (Å²) >= 11 is 1.92. The van der Waals surface area contributed by atoms with Crippen LogP contribution in [0.4, 0.5) is 4.79 Å². The molecule has 0 spiro atoms. The van der Waals surface area contributed by atoms with E-state index in [0.717, 1.165) is 24.4 Å². The summed E-state index contributed by atoms with van der Waals surface area (Å²) < 4.78 is 2.01. The van der Waals surface area contributed by atoms with Crippen LogP contribution in [0.3, 0.4) is 0 Å². The molecule has 0 radical (unpaired) electrons. The molecule has 1 fully saturated rings. The van der Waals surface area contributed by atoms with E-state index in [-0.39, 0.29) is 6.03 Å². The number of rotatable bonds is 5. The molecule has 2 heterocycles. The predicted octanol–water partition coefficient (Wildman–Crippen LogP) is 2.33. The van der Waals surface area contributed by atoms with Gasteiger partial charge in [-0.05, 0) is 44.4 Å². The normalized spacial score (nSPS) is 20.0. The fraction of sp³-hybridized carbons (Fsp3) is 0.733. The molecule has 1 aliphatic heterocycles. The van der Waals surface area contributed by atoms with Gasteiger partial charge in [-0.2, -0.15) is 16.9 Å². The first-order valence-electron chi connectivity index (χ1n) is 7.67. The van der Waals surface area contributed by atoms with Gasteiger partial charge in [-0.3, -0.25) is 4.68 Å². The van der Waals surface area contributed by atoms with Crippen LogP contribution in [0.1, 0.15) is 31.2 Å². The number of aryl methyl sites for hydroxylation is 2. The van der Waals surface area contributed by atoms with Crippen molar-refractivity contribution in [2.75, 3.05) is 18.1 Å². The molecule has 2 amide bonds. The summed E-state index contributed by atoms with van der Waals surface area (Å²) in [5, 5.41) is 10.5. The van der Waals surface area contributed by atoms with Crippen molar-refractivity contribution in [1.29, 1.82) is 0 Å². The van der Waals surface area contributed by atoms with Gasteiger partial charge in [0.1, 0.15) is 0 Å². The van der Waals surface area contributed by atoms with E-state index in [1.807, 2.05) is 23.4 Å². The van der Waals surface area contributed by atoms with Crippen molar-refractivity contribution in [3.8, 4) is 0 Å². The highest BCUT2D eigenvalue weighted by atomic mass is 32.2. The highest BCUT2D eigenvalue weighted by Gasteiger charge is 2.16. The maximum absolute atomic E-state index is 11.9. The average molecular weight is 310 g/mol. The maximum Gasteiger partial charge on any atom is 0.315 e. The van der Waals surface area contributed by atoms with Crippen LogP contribution in [0, 0.1) is 19.8 Å². The number of carbonyl (C=O) groups is 1. The van der Waals surface area contributed by atoms with Crippen LogP contribution in [-0.2, 0) is 6.54 Å². The van der Waals surface area contributed by atoms with E-state index in [1.165, 1.54) is 17.9 Å². The molecular formula is C15H26N4OS. The van der Waals surface area contributed by atoms with Gasteiger partial charge < -0.3 is 10.6 Å². The number of nitrogens with zero attached hydrogens (tertiary/aromatic N) is 2. The van der Waals surface area contributed by atoms with Crippen molar-refractivity contribution in [3.63, 3.8) is 0 Å². The van der Waals surface area contributed by atoms with Gasteiger partial charge in [0, 0.05) is 30.6 Å². The third-order valence-corrected chi connectivity index (χ3v) is 4.91. The highest BCUT2D eigenvalue weighted by molar-refractivity contribution is 7.99. The smallest absolute Gasteiger partial charge is 0.315 e. The molecule has 0 saturated carbocycles. The van der Waals surface area contributed by atoms with Gasteiger partial charge >= 0.3 is 6.03 Å². The third-order valence-electron chi connectivity index (χ3n) is 3.69. The Balaban J connectivity index is 1.69. The van der Waals surface area contributed by atoms with Gasteiger partial charge in [0.2, 0.25) is 0 Å².